The summed E-state index contributed by atoms with van der Waals surface area (Å²) in [7, 11) is -3.83. The van der Waals surface area contributed by atoms with Gasteiger partial charge in [-0.3, -0.25) is 0 Å². The smallest absolute Gasteiger partial charge is 0.246 e. The zero-order valence-electron chi connectivity index (χ0n) is 10.8. The third kappa shape index (κ3) is 2.45. The maximum Gasteiger partial charge on any atom is 0.246 e. The summed E-state index contributed by atoms with van der Waals surface area (Å²) in [5.41, 5.74) is 0.586. The van der Waals surface area contributed by atoms with E-state index < -0.39 is 15.8 Å². The van der Waals surface area contributed by atoms with Crippen LogP contribution in [0, 0.1) is 5.82 Å². The number of fused-ring (bicyclic) bond motifs is 2. The van der Waals surface area contributed by atoms with E-state index in [1.54, 1.807) is 0 Å². The van der Waals surface area contributed by atoms with Crippen LogP contribution in [-0.4, -0.2) is 38.0 Å². The molecule has 2 heterocycles. The Morgan fingerprint density at radius 3 is 2.55 bits per heavy atom. The van der Waals surface area contributed by atoms with E-state index in [-0.39, 0.29) is 23.0 Å². The lowest BCUT2D eigenvalue weighted by atomic mass is 10.2. The molecular formula is C13H15ClFNO3S. The zero-order chi connectivity index (χ0) is 14.3. The van der Waals surface area contributed by atoms with E-state index in [4.69, 9.17) is 16.3 Å². The van der Waals surface area contributed by atoms with Gasteiger partial charge in [0.1, 0.15) is 10.7 Å². The van der Waals surface area contributed by atoms with E-state index >= 15 is 0 Å². The van der Waals surface area contributed by atoms with Crippen molar-refractivity contribution >= 4 is 21.6 Å². The highest BCUT2D eigenvalue weighted by Crippen LogP contribution is 2.31. The van der Waals surface area contributed by atoms with Gasteiger partial charge in [0, 0.05) is 19.0 Å². The Balaban J connectivity index is 1.95. The summed E-state index contributed by atoms with van der Waals surface area (Å²) in [6, 6.07) is 3.96. The Morgan fingerprint density at radius 1 is 1.30 bits per heavy atom. The van der Waals surface area contributed by atoms with Gasteiger partial charge in [-0.25, -0.2) is 12.8 Å². The molecule has 0 saturated carbocycles. The Hall–Kier alpha value is -0.690. The lowest BCUT2D eigenvalue weighted by Gasteiger charge is -2.31. The van der Waals surface area contributed by atoms with E-state index in [9.17, 15) is 12.8 Å². The molecule has 7 heteroatoms. The van der Waals surface area contributed by atoms with Crippen LogP contribution >= 0.6 is 11.6 Å². The standard InChI is InChI=1S/C13H15ClFNO3S/c14-6-9-1-4-12(15)13(5-9)20(17,18)16-7-10-2-3-11(8-16)19-10/h1,4-5,10-11H,2-3,6-8H2. The molecular weight excluding hydrogens is 305 g/mol. The van der Waals surface area contributed by atoms with Gasteiger partial charge in [0.25, 0.3) is 0 Å². The van der Waals surface area contributed by atoms with Crippen molar-refractivity contribution in [3.63, 3.8) is 0 Å². The van der Waals surface area contributed by atoms with Crippen LogP contribution in [0.2, 0.25) is 0 Å². The maximum absolute atomic E-state index is 13.9. The van der Waals surface area contributed by atoms with E-state index in [0.29, 0.717) is 18.7 Å². The zero-order valence-corrected chi connectivity index (χ0v) is 12.3. The molecule has 3 rings (SSSR count). The summed E-state index contributed by atoms with van der Waals surface area (Å²) >= 11 is 5.69. The molecule has 2 atom stereocenters. The SMILES string of the molecule is O=S(=O)(c1cc(CCl)ccc1F)N1CC2CCC(C1)O2. The average molecular weight is 320 g/mol. The van der Waals surface area contributed by atoms with E-state index in [2.05, 4.69) is 0 Å². The summed E-state index contributed by atoms with van der Waals surface area (Å²) in [6.07, 6.45) is 1.59. The minimum absolute atomic E-state index is 0.0669. The first-order valence-electron chi connectivity index (χ1n) is 6.50. The number of morpholine rings is 1. The lowest BCUT2D eigenvalue weighted by molar-refractivity contribution is -0.0115. The molecule has 0 radical (unpaired) electrons. The molecule has 0 amide bonds. The van der Waals surface area contributed by atoms with Crippen molar-refractivity contribution in [2.75, 3.05) is 13.1 Å². The van der Waals surface area contributed by atoms with Crippen molar-refractivity contribution in [3.05, 3.63) is 29.6 Å². The predicted octanol–water partition coefficient (Wildman–Crippen LogP) is 2.12. The Bertz CT molecular complexity index is 610. The van der Waals surface area contributed by atoms with Crippen molar-refractivity contribution in [2.45, 2.75) is 35.8 Å². The van der Waals surface area contributed by atoms with Crippen LogP contribution in [0.15, 0.2) is 23.1 Å². The number of rotatable bonds is 3. The van der Waals surface area contributed by atoms with Crippen molar-refractivity contribution in [1.29, 1.82) is 0 Å². The first kappa shape index (κ1) is 14.3. The molecule has 2 unspecified atom stereocenters. The summed E-state index contributed by atoms with van der Waals surface area (Å²) in [5.74, 6) is -0.588. The minimum atomic E-state index is -3.83. The van der Waals surface area contributed by atoms with Crippen molar-refractivity contribution in [3.8, 4) is 0 Å². The summed E-state index contributed by atoms with van der Waals surface area (Å²) in [4.78, 5) is -0.294. The van der Waals surface area contributed by atoms with Crippen molar-refractivity contribution in [2.24, 2.45) is 0 Å². The van der Waals surface area contributed by atoms with Gasteiger partial charge in [-0.15, -0.1) is 11.6 Å². The van der Waals surface area contributed by atoms with E-state index in [1.165, 1.54) is 16.4 Å². The maximum atomic E-state index is 13.9. The fourth-order valence-electron chi connectivity index (χ4n) is 2.74. The van der Waals surface area contributed by atoms with Gasteiger partial charge in [-0.2, -0.15) is 4.31 Å². The summed E-state index contributed by atoms with van der Waals surface area (Å²) in [6.45, 7) is 0.590. The molecule has 2 fully saturated rings. The van der Waals surface area contributed by atoms with Crippen LogP contribution in [0.5, 0.6) is 0 Å². The third-order valence-corrected chi connectivity index (χ3v) is 5.93. The van der Waals surface area contributed by atoms with Crippen LogP contribution in [0.3, 0.4) is 0 Å². The van der Waals surface area contributed by atoms with Gasteiger partial charge in [-0.1, -0.05) is 6.07 Å². The second-order valence-electron chi connectivity index (χ2n) is 5.18. The molecule has 0 aliphatic carbocycles. The second kappa shape index (κ2) is 5.26. The van der Waals surface area contributed by atoms with Gasteiger partial charge < -0.3 is 4.74 Å². The highest BCUT2D eigenvalue weighted by Gasteiger charge is 2.40. The number of hydrogen-bond donors (Lipinski definition) is 0. The molecule has 0 spiro atoms. The normalized spacial score (nSPS) is 26.9. The number of hydrogen-bond acceptors (Lipinski definition) is 3. The molecule has 0 aromatic heterocycles. The molecule has 2 saturated heterocycles. The molecule has 110 valence electrons. The summed E-state index contributed by atoms with van der Waals surface area (Å²) in [5, 5.41) is 0. The number of benzene rings is 1. The van der Waals surface area contributed by atoms with Crippen molar-refractivity contribution < 1.29 is 17.5 Å². The van der Waals surface area contributed by atoms with Crippen LogP contribution in [-0.2, 0) is 20.6 Å². The molecule has 1 aromatic carbocycles. The van der Waals surface area contributed by atoms with Gasteiger partial charge in [0.15, 0.2) is 0 Å². The number of alkyl halides is 1. The molecule has 1 aromatic rings. The molecule has 2 bridgehead atoms. The molecule has 2 aliphatic heterocycles. The van der Waals surface area contributed by atoms with Crippen LogP contribution in [0.4, 0.5) is 4.39 Å². The van der Waals surface area contributed by atoms with E-state index in [0.717, 1.165) is 18.9 Å². The lowest BCUT2D eigenvalue weighted by Crippen LogP contribution is -2.45. The number of ether oxygens (including phenoxy) is 1. The largest absolute Gasteiger partial charge is 0.372 e. The highest BCUT2D eigenvalue weighted by atomic mass is 35.5. The molecule has 20 heavy (non-hydrogen) atoms. The van der Waals surface area contributed by atoms with Gasteiger partial charge in [-0.05, 0) is 30.5 Å². The number of nitrogens with zero attached hydrogens (tertiary/aromatic N) is 1. The average Bonchev–Trinajstić information content (AvgIpc) is 2.77. The topological polar surface area (TPSA) is 46.6 Å². The minimum Gasteiger partial charge on any atom is -0.372 e. The number of sulfonamides is 1. The first-order chi connectivity index (χ1) is 9.50. The Labute approximate surface area is 122 Å². The van der Waals surface area contributed by atoms with Gasteiger partial charge in [0.2, 0.25) is 10.0 Å². The third-order valence-electron chi connectivity index (χ3n) is 3.78. The fraction of sp³-hybridized carbons (Fsp3) is 0.538. The van der Waals surface area contributed by atoms with E-state index in [1.807, 2.05) is 0 Å². The monoisotopic (exact) mass is 319 g/mol. The second-order valence-corrected chi connectivity index (χ2v) is 7.35. The molecule has 0 N–H and O–H groups in total. The van der Waals surface area contributed by atoms with Gasteiger partial charge >= 0.3 is 0 Å². The van der Waals surface area contributed by atoms with Crippen LogP contribution in [0.1, 0.15) is 18.4 Å². The molecule has 2 aliphatic rings. The Morgan fingerprint density at radius 2 is 1.95 bits per heavy atom. The van der Waals surface area contributed by atoms with Crippen LogP contribution in [0.25, 0.3) is 0 Å². The predicted molar refractivity (Wildman–Crippen MR) is 72.6 cm³/mol. The van der Waals surface area contributed by atoms with Crippen LogP contribution < -0.4 is 0 Å². The Kier molecular flexibility index (Phi) is 3.75. The highest BCUT2D eigenvalue weighted by molar-refractivity contribution is 7.89. The quantitative estimate of drug-likeness (QED) is 0.802. The van der Waals surface area contributed by atoms with Crippen molar-refractivity contribution in [1.82, 2.24) is 4.31 Å². The number of halogens is 2. The molecule has 4 nitrogen and oxygen atoms in total. The fourth-order valence-corrected chi connectivity index (χ4v) is 4.53. The summed E-state index contributed by atoms with van der Waals surface area (Å²) < 4.78 is 46.0. The van der Waals surface area contributed by atoms with Gasteiger partial charge in [0.05, 0.1) is 12.2 Å². The first-order valence-corrected chi connectivity index (χ1v) is 8.48.